The number of piperidine rings is 2. The first-order valence-electron chi connectivity index (χ1n) is 9.77. The maximum absolute atomic E-state index is 12.8. The summed E-state index contributed by atoms with van der Waals surface area (Å²) >= 11 is 7.08. The number of fused-ring (bicyclic) bond motifs is 1. The van der Waals surface area contributed by atoms with Crippen LogP contribution in [0.3, 0.4) is 0 Å². The van der Waals surface area contributed by atoms with Crippen LogP contribution in [0.2, 0.25) is 4.34 Å². The molecule has 0 radical (unpaired) electrons. The van der Waals surface area contributed by atoms with E-state index in [1.54, 1.807) is 17.0 Å². The maximum Gasteiger partial charge on any atom is 0.242 e. The molecular weight excluding hydrogens is 450 g/mol. The van der Waals surface area contributed by atoms with Gasteiger partial charge < -0.3 is 14.6 Å². The molecule has 2 aliphatic heterocycles. The normalized spacial score (nSPS) is 28.8. The molecule has 2 saturated heterocycles. The van der Waals surface area contributed by atoms with Gasteiger partial charge in [0, 0.05) is 23.4 Å². The van der Waals surface area contributed by atoms with Crippen LogP contribution in [0.1, 0.15) is 24.1 Å². The highest BCUT2D eigenvalue weighted by Gasteiger charge is 2.54. The number of aldehydes is 1. The Labute approximate surface area is 183 Å². The Bertz CT molecular complexity index is 992. The van der Waals surface area contributed by atoms with Gasteiger partial charge in [-0.05, 0) is 49.3 Å². The first-order valence-corrected chi connectivity index (χ1v) is 12.5. The zero-order valence-electron chi connectivity index (χ0n) is 16.1. The van der Waals surface area contributed by atoms with Crippen molar-refractivity contribution in [3.63, 3.8) is 0 Å². The van der Waals surface area contributed by atoms with Crippen molar-refractivity contribution < 1.29 is 22.8 Å². The minimum atomic E-state index is -3.84. The molecule has 162 valence electrons. The van der Waals surface area contributed by atoms with Crippen molar-refractivity contribution in [2.75, 3.05) is 19.6 Å². The second-order valence-corrected chi connectivity index (χ2v) is 11.2. The predicted octanol–water partition coefficient (Wildman–Crippen LogP) is 1.33. The van der Waals surface area contributed by atoms with E-state index in [-0.39, 0.29) is 18.4 Å². The van der Waals surface area contributed by atoms with Gasteiger partial charge in [0.2, 0.25) is 21.8 Å². The summed E-state index contributed by atoms with van der Waals surface area (Å²) in [5.74, 6) is -0.0257. The van der Waals surface area contributed by atoms with Crippen molar-refractivity contribution in [2.45, 2.75) is 31.3 Å². The Balaban J connectivity index is 1.36. The number of amides is 2. The molecule has 4 rings (SSSR count). The molecule has 1 aliphatic carbocycles. The summed E-state index contributed by atoms with van der Waals surface area (Å²) in [7, 11) is -3.84. The molecule has 1 aromatic rings. The van der Waals surface area contributed by atoms with Gasteiger partial charge in [0.1, 0.15) is 12.3 Å². The lowest BCUT2D eigenvalue weighted by atomic mass is 10.1. The van der Waals surface area contributed by atoms with Crippen molar-refractivity contribution >= 4 is 57.1 Å². The van der Waals surface area contributed by atoms with E-state index in [4.69, 9.17) is 11.6 Å². The number of nitrogens with zero attached hydrogens (tertiary/aromatic N) is 2. The van der Waals surface area contributed by atoms with E-state index in [2.05, 4.69) is 4.72 Å². The number of carbonyl (C=O) groups is 3. The number of rotatable bonds is 7. The average Bonchev–Trinajstić information content (AvgIpc) is 3.17. The quantitative estimate of drug-likeness (QED) is 0.604. The average molecular weight is 472 g/mol. The Hall–Kier alpha value is -1.75. The SMILES string of the molecule is O=C[C@@H]1[C@H]2C[C@H]2CN1C(=O)CN1CCC[C@H](NS(=O)(=O)/C=C/c2ccc(Cl)s2)C1=O. The van der Waals surface area contributed by atoms with E-state index in [0.717, 1.165) is 18.1 Å². The minimum Gasteiger partial charge on any atom is -0.332 e. The van der Waals surface area contributed by atoms with Gasteiger partial charge in [0.15, 0.2) is 0 Å². The molecule has 2 amide bonds. The molecule has 0 unspecified atom stereocenters. The van der Waals surface area contributed by atoms with Crippen LogP contribution in [0.4, 0.5) is 0 Å². The number of carbonyl (C=O) groups excluding carboxylic acids is 3. The zero-order valence-corrected chi connectivity index (χ0v) is 18.5. The van der Waals surface area contributed by atoms with Crippen LogP contribution in [0.15, 0.2) is 17.5 Å². The zero-order chi connectivity index (χ0) is 21.5. The van der Waals surface area contributed by atoms with Crippen LogP contribution in [0.5, 0.6) is 0 Å². The highest BCUT2D eigenvalue weighted by molar-refractivity contribution is 7.92. The lowest BCUT2D eigenvalue weighted by Crippen LogP contribution is -2.55. The standard InChI is InChI=1S/C19H22ClN3O5S2/c20-17-4-3-13(29-17)5-7-30(27,28)21-15-2-1-6-22(19(15)26)10-18(25)23-9-12-8-14(12)16(23)11-24/h3-5,7,11-12,14-16,21H,1-2,6,8-10H2/b7-5+/t12-,14-,15-,16+/m0/s1. The third-order valence-corrected chi connectivity index (χ3v) is 8.14. The summed E-state index contributed by atoms with van der Waals surface area (Å²) in [6.07, 6.45) is 4.17. The number of hydrogen-bond donors (Lipinski definition) is 1. The monoisotopic (exact) mass is 471 g/mol. The number of nitrogens with one attached hydrogen (secondary N) is 1. The molecule has 30 heavy (non-hydrogen) atoms. The van der Waals surface area contributed by atoms with Gasteiger partial charge in [0.25, 0.3) is 0 Å². The number of thiophene rings is 1. The summed E-state index contributed by atoms with van der Waals surface area (Å²) in [6, 6.07) is 2.06. The predicted molar refractivity (Wildman–Crippen MR) is 113 cm³/mol. The molecule has 3 fully saturated rings. The van der Waals surface area contributed by atoms with Gasteiger partial charge >= 0.3 is 0 Å². The van der Waals surface area contributed by atoms with Crippen LogP contribution in [0, 0.1) is 11.8 Å². The maximum atomic E-state index is 12.8. The summed E-state index contributed by atoms with van der Waals surface area (Å²) in [5, 5.41) is 1.01. The Kier molecular flexibility index (Phi) is 6.02. The topological polar surface area (TPSA) is 104 Å². The molecule has 0 spiro atoms. The van der Waals surface area contributed by atoms with Gasteiger partial charge in [-0.1, -0.05) is 11.6 Å². The van der Waals surface area contributed by atoms with E-state index < -0.39 is 28.0 Å². The van der Waals surface area contributed by atoms with Crippen LogP contribution in [-0.4, -0.2) is 68.0 Å². The second kappa shape index (κ2) is 8.41. The van der Waals surface area contributed by atoms with Gasteiger partial charge in [-0.15, -0.1) is 11.3 Å². The van der Waals surface area contributed by atoms with Crippen molar-refractivity contribution in [1.82, 2.24) is 14.5 Å². The van der Waals surface area contributed by atoms with E-state index in [9.17, 15) is 22.8 Å². The molecule has 0 bridgehead atoms. The molecule has 3 heterocycles. The number of likely N-dealkylation sites (tertiary alicyclic amines) is 2. The number of halogens is 1. The Morgan fingerprint density at radius 1 is 1.37 bits per heavy atom. The second-order valence-electron chi connectivity index (χ2n) is 7.89. The molecule has 1 aromatic heterocycles. The number of hydrogen-bond acceptors (Lipinski definition) is 6. The smallest absolute Gasteiger partial charge is 0.242 e. The van der Waals surface area contributed by atoms with Crippen molar-refractivity contribution in [2.24, 2.45) is 11.8 Å². The third-order valence-electron chi connectivity index (χ3n) is 5.84. The van der Waals surface area contributed by atoms with E-state index in [1.165, 1.54) is 22.3 Å². The highest BCUT2D eigenvalue weighted by atomic mass is 35.5. The minimum absolute atomic E-state index is 0.135. The summed E-state index contributed by atoms with van der Waals surface area (Å²) < 4.78 is 27.7. The van der Waals surface area contributed by atoms with Crippen LogP contribution < -0.4 is 4.72 Å². The molecule has 0 aromatic carbocycles. The summed E-state index contributed by atoms with van der Waals surface area (Å²) in [6.45, 7) is 0.811. The lowest BCUT2D eigenvalue weighted by Gasteiger charge is -2.33. The van der Waals surface area contributed by atoms with E-state index >= 15 is 0 Å². The first kappa shape index (κ1) is 21.5. The van der Waals surface area contributed by atoms with Crippen molar-refractivity contribution in [3.8, 4) is 0 Å². The van der Waals surface area contributed by atoms with E-state index in [1.807, 2.05) is 0 Å². The number of sulfonamides is 1. The molecular formula is C19H22ClN3O5S2. The van der Waals surface area contributed by atoms with Crippen molar-refractivity contribution in [1.29, 1.82) is 0 Å². The van der Waals surface area contributed by atoms with Gasteiger partial charge in [-0.2, -0.15) is 4.72 Å². The molecule has 1 N–H and O–H groups in total. The van der Waals surface area contributed by atoms with Gasteiger partial charge in [-0.3, -0.25) is 9.59 Å². The summed E-state index contributed by atoms with van der Waals surface area (Å²) in [5.41, 5.74) is 0. The van der Waals surface area contributed by atoms with Crippen LogP contribution >= 0.6 is 22.9 Å². The largest absolute Gasteiger partial charge is 0.332 e. The Morgan fingerprint density at radius 3 is 2.87 bits per heavy atom. The van der Waals surface area contributed by atoms with Crippen LogP contribution in [0.25, 0.3) is 6.08 Å². The molecule has 8 nitrogen and oxygen atoms in total. The molecule has 4 atom stereocenters. The highest BCUT2D eigenvalue weighted by Crippen LogP contribution is 2.48. The van der Waals surface area contributed by atoms with Gasteiger partial charge in [-0.25, -0.2) is 8.42 Å². The van der Waals surface area contributed by atoms with Crippen molar-refractivity contribution in [3.05, 3.63) is 26.8 Å². The lowest BCUT2D eigenvalue weighted by molar-refractivity contribution is -0.144. The fraction of sp³-hybridized carbons (Fsp3) is 0.526. The fourth-order valence-electron chi connectivity index (χ4n) is 4.22. The molecule has 11 heteroatoms. The summed E-state index contributed by atoms with van der Waals surface area (Å²) in [4.78, 5) is 40.4. The molecule has 1 saturated carbocycles. The molecule has 3 aliphatic rings. The van der Waals surface area contributed by atoms with E-state index in [0.29, 0.717) is 41.1 Å². The first-order chi connectivity index (χ1) is 14.3. The van der Waals surface area contributed by atoms with Gasteiger partial charge in [0.05, 0.1) is 16.9 Å². The fourth-order valence-corrected chi connectivity index (χ4v) is 6.29. The van der Waals surface area contributed by atoms with Crippen LogP contribution in [-0.2, 0) is 24.4 Å². The third kappa shape index (κ3) is 4.61. The Morgan fingerprint density at radius 2 is 2.17 bits per heavy atom.